The Morgan fingerprint density at radius 2 is 1.95 bits per heavy atom. The average Bonchev–Trinajstić information content (AvgIpc) is 2.86. The minimum absolute atomic E-state index is 0.122. The second kappa shape index (κ2) is 9.62. The van der Waals surface area contributed by atoms with Crippen molar-refractivity contribution >= 4 is 33.9 Å². The van der Waals surface area contributed by atoms with Gasteiger partial charge in [0.15, 0.2) is 17.5 Å². The van der Waals surface area contributed by atoms with Gasteiger partial charge in [0, 0.05) is 35.6 Å². The molecule has 2 aliphatic rings. The van der Waals surface area contributed by atoms with Gasteiger partial charge >= 0.3 is 0 Å². The fraction of sp³-hybridized carbons (Fsp3) is 0.222. The van der Waals surface area contributed by atoms with Gasteiger partial charge in [0.2, 0.25) is 0 Å². The number of hydrogen-bond donors (Lipinski definition) is 3. The Bertz CT molecular complexity index is 1550. The van der Waals surface area contributed by atoms with Gasteiger partial charge in [-0.2, -0.15) is 0 Å². The van der Waals surface area contributed by atoms with Crippen LogP contribution in [0.25, 0.3) is 27.9 Å². The van der Waals surface area contributed by atoms with Crippen molar-refractivity contribution in [2.45, 2.75) is 19.4 Å². The highest BCUT2D eigenvalue weighted by molar-refractivity contribution is 6.02. The van der Waals surface area contributed by atoms with E-state index in [1.807, 2.05) is 24.4 Å². The third-order valence-electron chi connectivity index (χ3n) is 6.65. The molecule has 37 heavy (non-hydrogen) atoms. The molecular formula is C27H24F2N8. The average molecular weight is 499 g/mol. The number of nitrogens with one attached hydrogen (secondary N) is 3. The number of nitrogens with zero attached hydrogens (tertiary/aromatic N) is 5. The maximum Gasteiger partial charge on any atom is 0.168 e. The van der Waals surface area contributed by atoms with Gasteiger partial charge in [-0.05, 0) is 43.1 Å². The monoisotopic (exact) mass is 498 g/mol. The van der Waals surface area contributed by atoms with Gasteiger partial charge in [-0.25, -0.2) is 28.7 Å². The van der Waals surface area contributed by atoms with Crippen molar-refractivity contribution < 1.29 is 8.78 Å². The summed E-state index contributed by atoms with van der Waals surface area (Å²) in [6, 6.07) is 4.51. The molecule has 0 aromatic carbocycles. The van der Waals surface area contributed by atoms with Crippen LogP contribution in [0.5, 0.6) is 0 Å². The van der Waals surface area contributed by atoms with E-state index >= 15 is 0 Å². The van der Waals surface area contributed by atoms with Crippen molar-refractivity contribution in [2.24, 2.45) is 5.92 Å². The quantitative estimate of drug-likeness (QED) is 0.346. The predicted molar refractivity (Wildman–Crippen MR) is 139 cm³/mol. The minimum Gasteiger partial charge on any atom is -0.366 e. The summed E-state index contributed by atoms with van der Waals surface area (Å²) in [5.41, 5.74) is 3.45. The number of anilines is 3. The zero-order valence-electron chi connectivity index (χ0n) is 20.0. The summed E-state index contributed by atoms with van der Waals surface area (Å²) < 4.78 is 27.4. The van der Waals surface area contributed by atoms with Crippen LogP contribution in [-0.4, -0.2) is 44.1 Å². The molecular weight excluding hydrogens is 474 g/mol. The molecule has 5 heterocycles. The summed E-state index contributed by atoms with van der Waals surface area (Å²) in [5.74, 6) is 0.292. The van der Waals surface area contributed by atoms with Gasteiger partial charge in [-0.1, -0.05) is 25.2 Å². The predicted octanol–water partition coefficient (Wildman–Crippen LogP) is 4.87. The minimum atomic E-state index is -0.810. The molecule has 10 heteroatoms. The van der Waals surface area contributed by atoms with Crippen LogP contribution in [0.2, 0.25) is 0 Å². The first-order valence-corrected chi connectivity index (χ1v) is 12.1. The zero-order chi connectivity index (χ0) is 25.4. The van der Waals surface area contributed by atoms with Gasteiger partial charge in [-0.3, -0.25) is 4.98 Å². The Balaban J connectivity index is 1.42. The molecule has 4 aromatic rings. The van der Waals surface area contributed by atoms with Crippen LogP contribution >= 0.6 is 0 Å². The van der Waals surface area contributed by atoms with E-state index in [9.17, 15) is 8.78 Å². The highest BCUT2D eigenvalue weighted by Gasteiger charge is 2.24. The number of halogens is 2. The highest BCUT2D eigenvalue weighted by atomic mass is 19.1. The van der Waals surface area contributed by atoms with Crippen LogP contribution in [0.3, 0.4) is 0 Å². The Kier molecular flexibility index (Phi) is 6.01. The van der Waals surface area contributed by atoms with Crippen molar-refractivity contribution in [2.75, 3.05) is 23.7 Å². The molecule has 0 unspecified atom stereocenters. The summed E-state index contributed by atoms with van der Waals surface area (Å²) in [5, 5.41) is 10.9. The molecule has 0 spiro atoms. The molecule has 6 rings (SSSR count). The van der Waals surface area contributed by atoms with Crippen LogP contribution in [-0.2, 0) is 0 Å². The molecule has 3 N–H and O–H groups in total. The lowest BCUT2D eigenvalue weighted by Gasteiger charge is -2.31. The fourth-order valence-corrected chi connectivity index (χ4v) is 4.58. The molecule has 0 radical (unpaired) electrons. The first-order chi connectivity index (χ1) is 18.0. The molecule has 2 atom stereocenters. The van der Waals surface area contributed by atoms with Gasteiger partial charge in [-0.15, -0.1) is 0 Å². The normalized spacial score (nSPS) is 18.8. The fourth-order valence-electron chi connectivity index (χ4n) is 4.58. The number of rotatable bonds is 6. The molecule has 0 amide bonds. The highest BCUT2D eigenvalue weighted by Crippen LogP contribution is 2.34. The second-order valence-electron chi connectivity index (χ2n) is 9.22. The van der Waals surface area contributed by atoms with E-state index in [-0.39, 0.29) is 11.9 Å². The molecule has 1 fully saturated rings. The lowest BCUT2D eigenvalue weighted by atomic mass is 9.94. The van der Waals surface area contributed by atoms with Crippen molar-refractivity contribution in [1.29, 1.82) is 0 Å². The number of fused-ring (bicyclic) bond motifs is 1. The standard InChI is InChI=1S/C27H24F2N8/c1-15-11-30-7-6-21(15)34-27-24-19(16-3-2-4-16)13-31-14-22(24)35-25(37-27)17-5-8-32-23(9-17)36-26-20(29)10-18(28)12-33-26/h2-5,8-10,12-15,21,30H,6-7,11H2,1H3,(H,32,33,36)(H,34,35,37)/t15-,21-/m0/s1. The second-order valence-corrected chi connectivity index (χ2v) is 9.22. The molecule has 186 valence electrons. The Morgan fingerprint density at radius 1 is 1.05 bits per heavy atom. The van der Waals surface area contributed by atoms with Crippen molar-refractivity contribution in [1.82, 2.24) is 30.2 Å². The van der Waals surface area contributed by atoms with E-state index in [0.29, 0.717) is 28.6 Å². The van der Waals surface area contributed by atoms with E-state index in [4.69, 9.17) is 9.97 Å². The van der Waals surface area contributed by atoms with E-state index < -0.39 is 11.6 Å². The molecule has 1 aliphatic carbocycles. The zero-order valence-corrected chi connectivity index (χ0v) is 20.0. The van der Waals surface area contributed by atoms with Crippen LogP contribution in [0.1, 0.15) is 18.9 Å². The van der Waals surface area contributed by atoms with Gasteiger partial charge in [0.25, 0.3) is 0 Å². The first kappa shape index (κ1) is 23.1. The largest absolute Gasteiger partial charge is 0.366 e. The van der Waals surface area contributed by atoms with E-state index in [1.54, 1.807) is 24.5 Å². The van der Waals surface area contributed by atoms with Gasteiger partial charge in [0.05, 0.1) is 23.3 Å². The molecule has 0 saturated carbocycles. The number of allylic oxidation sites excluding steroid dienone is 4. The van der Waals surface area contributed by atoms with Crippen LogP contribution in [0.15, 0.2) is 61.2 Å². The number of piperidine rings is 1. The molecule has 8 nitrogen and oxygen atoms in total. The number of pyridine rings is 3. The van der Waals surface area contributed by atoms with Crippen molar-refractivity contribution in [3.63, 3.8) is 0 Å². The van der Waals surface area contributed by atoms with Gasteiger partial charge < -0.3 is 16.0 Å². The number of hydrogen-bond acceptors (Lipinski definition) is 8. The Morgan fingerprint density at radius 3 is 2.73 bits per heavy atom. The molecule has 1 saturated heterocycles. The topological polar surface area (TPSA) is 101 Å². The van der Waals surface area contributed by atoms with Crippen molar-refractivity contribution in [3.05, 3.63) is 78.4 Å². The molecule has 0 bridgehead atoms. The smallest absolute Gasteiger partial charge is 0.168 e. The molecule has 1 aliphatic heterocycles. The summed E-state index contributed by atoms with van der Waals surface area (Å²) in [6.45, 7) is 4.09. The SMILES string of the molecule is C[C@H]1CNCC[C@@H]1Nc1nc(-c2ccnc(Nc3ncc(F)cc3F)c2)nc2cncc(C3=CC=C3)c12. The Labute approximate surface area is 212 Å². The van der Waals surface area contributed by atoms with Crippen molar-refractivity contribution in [3.8, 4) is 11.4 Å². The van der Waals surface area contributed by atoms with E-state index in [2.05, 4.69) is 37.8 Å². The summed E-state index contributed by atoms with van der Waals surface area (Å²) in [4.78, 5) is 22.2. The Hall–Kier alpha value is -4.31. The van der Waals surface area contributed by atoms with E-state index in [0.717, 1.165) is 54.1 Å². The maximum absolute atomic E-state index is 14.1. The summed E-state index contributed by atoms with van der Waals surface area (Å²) in [7, 11) is 0. The van der Waals surface area contributed by atoms with Crippen LogP contribution < -0.4 is 16.0 Å². The van der Waals surface area contributed by atoms with Crippen LogP contribution in [0.4, 0.5) is 26.2 Å². The third-order valence-corrected chi connectivity index (χ3v) is 6.65. The third kappa shape index (κ3) is 4.63. The van der Waals surface area contributed by atoms with Gasteiger partial charge in [0.1, 0.15) is 17.5 Å². The maximum atomic E-state index is 14.1. The lowest BCUT2D eigenvalue weighted by Crippen LogP contribution is -2.42. The van der Waals surface area contributed by atoms with E-state index in [1.165, 1.54) is 0 Å². The lowest BCUT2D eigenvalue weighted by molar-refractivity contribution is 0.368. The number of aromatic nitrogens is 5. The summed E-state index contributed by atoms with van der Waals surface area (Å²) in [6.07, 6.45) is 13.2. The molecule has 4 aromatic heterocycles. The first-order valence-electron chi connectivity index (χ1n) is 12.1. The van der Waals surface area contributed by atoms with Crippen LogP contribution in [0, 0.1) is 17.6 Å². The summed E-state index contributed by atoms with van der Waals surface area (Å²) >= 11 is 0.